The fourth-order valence-corrected chi connectivity index (χ4v) is 3.79. The molecule has 0 unspecified atom stereocenters. The van der Waals surface area contributed by atoms with Gasteiger partial charge in [-0.1, -0.05) is 19.9 Å². The van der Waals surface area contributed by atoms with Crippen molar-refractivity contribution in [3.8, 4) is 0 Å². The second kappa shape index (κ2) is 9.65. The predicted octanol–water partition coefficient (Wildman–Crippen LogP) is 4.62. The first-order valence-corrected chi connectivity index (χ1v) is 9.57. The third kappa shape index (κ3) is 5.39. The van der Waals surface area contributed by atoms with Gasteiger partial charge in [0.25, 0.3) is 5.69 Å². The molecule has 148 valence electrons. The SMILES string of the molecule is COC1CCC(N(CC(C)C)c2ccc(/C(C)=C/C=O)cc2[N+](=O)[O-])CC1. The lowest BCUT2D eigenvalue weighted by Crippen LogP contribution is -2.41. The Bertz CT molecular complexity index is 691. The quantitative estimate of drug-likeness (QED) is 0.287. The molecule has 0 amide bonds. The van der Waals surface area contributed by atoms with Gasteiger partial charge in [0.2, 0.25) is 0 Å². The van der Waals surface area contributed by atoms with Crippen LogP contribution in [-0.4, -0.2) is 37.0 Å². The monoisotopic (exact) mass is 374 g/mol. The standard InChI is InChI=1S/C21H30N2O4/c1-15(2)14-22(18-6-8-19(27-4)9-7-18)20-10-5-17(16(3)11-12-24)13-21(20)23(25)26/h5,10-13,15,18-19H,6-9,14H2,1-4H3/b16-11+. The van der Waals surface area contributed by atoms with E-state index in [9.17, 15) is 14.9 Å². The Kier molecular flexibility index (Phi) is 7.54. The van der Waals surface area contributed by atoms with Crippen LogP contribution in [0.1, 0.15) is 52.0 Å². The van der Waals surface area contributed by atoms with Crippen molar-refractivity contribution in [1.82, 2.24) is 0 Å². The van der Waals surface area contributed by atoms with Gasteiger partial charge < -0.3 is 9.64 Å². The number of nitro groups is 1. The zero-order chi connectivity index (χ0) is 20.0. The molecule has 0 radical (unpaired) electrons. The Labute approximate surface area is 161 Å². The molecule has 6 nitrogen and oxygen atoms in total. The van der Waals surface area contributed by atoms with Gasteiger partial charge in [-0.3, -0.25) is 14.9 Å². The molecule has 1 saturated carbocycles. The number of allylic oxidation sites excluding steroid dienone is 2. The Morgan fingerprint density at radius 2 is 2.00 bits per heavy atom. The highest BCUT2D eigenvalue weighted by Gasteiger charge is 2.30. The first kappa shape index (κ1) is 21.1. The summed E-state index contributed by atoms with van der Waals surface area (Å²) in [5.74, 6) is 0.390. The van der Waals surface area contributed by atoms with Crippen molar-refractivity contribution in [1.29, 1.82) is 0 Å². The number of anilines is 1. The van der Waals surface area contributed by atoms with E-state index >= 15 is 0 Å². The third-order valence-corrected chi connectivity index (χ3v) is 5.23. The topological polar surface area (TPSA) is 72.7 Å². The van der Waals surface area contributed by atoms with Crippen LogP contribution in [0.5, 0.6) is 0 Å². The summed E-state index contributed by atoms with van der Waals surface area (Å²) in [6, 6.07) is 5.56. The highest BCUT2D eigenvalue weighted by molar-refractivity contribution is 5.82. The van der Waals surface area contributed by atoms with Gasteiger partial charge in [0, 0.05) is 25.8 Å². The third-order valence-electron chi connectivity index (χ3n) is 5.23. The zero-order valence-electron chi connectivity index (χ0n) is 16.7. The second-order valence-corrected chi connectivity index (χ2v) is 7.66. The molecule has 0 heterocycles. The van der Waals surface area contributed by atoms with Crippen LogP contribution in [0.3, 0.4) is 0 Å². The minimum absolute atomic E-state index is 0.0978. The molecule has 0 aliphatic heterocycles. The summed E-state index contributed by atoms with van der Waals surface area (Å²) in [4.78, 5) is 24.4. The maximum absolute atomic E-state index is 11.8. The van der Waals surface area contributed by atoms with Crippen molar-refractivity contribution < 1.29 is 14.5 Å². The molecule has 1 aromatic rings. The molecule has 0 spiro atoms. The van der Waals surface area contributed by atoms with Crippen LogP contribution >= 0.6 is 0 Å². The van der Waals surface area contributed by atoms with Gasteiger partial charge in [0.05, 0.1) is 11.0 Å². The number of benzene rings is 1. The molecule has 0 saturated heterocycles. The number of nitro benzene ring substituents is 1. The first-order valence-electron chi connectivity index (χ1n) is 9.57. The number of nitrogens with zero attached hydrogens (tertiary/aromatic N) is 2. The number of hydrogen-bond donors (Lipinski definition) is 0. The fraction of sp³-hybridized carbons (Fsp3) is 0.571. The number of ether oxygens (including phenoxy) is 1. The number of aldehydes is 1. The Hall–Kier alpha value is -2.21. The Balaban J connectivity index is 2.40. The van der Waals surface area contributed by atoms with E-state index in [-0.39, 0.29) is 22.8 Å². The molecular formula is C21H30N2O4. The van der Waals surface area contributed by atoms with Gasteiger partial charge in [-0.05, 0) is 61.8 Å². The van der Waals surface area contributed by atoms with Crippen molar-refractivity contribution in [3.63, 3.8) is 0 Å². The molecule has 27 heavy (non-hydrogen) atoms. The van der Waals surface area contributed by atoms with Gasteiger partial charge in [-0.2, -0.15) is 0 Å². The van der Waals surface area contributed by atoms with Gasteiger partial charge in [0.15, 0.2) is 0 Å². The van der Waals surface area contributed by atoms with E-state index in [1.54, 1.807) is 20.1 Å². The molecule has 1 aliphatic carbocycles. The molecule has 0 aromatic heterocycles. The van der Waals surface area contributed by atoms with E-state index in [1.807, 2.05) is 12.1 Å². The van der Waals surface area contributed by atoms with E-state index in [4.69, 9.17) is 4.74 Å². The molecule has 1 aromatic carbocycles. The summed E-state index contributed by atoms with van der Waals surface area (Å²) in [6.45, 7) is 6.81. The van der Waals surface area contributed by atoms with E-state index in [0.29, 0.717) is 23.5 Å². The molecule has 0 atom stereocenters. The molecule has 1 fully saturated rings. The maximum atomic E-state index is 11.8. The fourth-order valence-electron chi connectivity index (χ4n) is 3.79. The number of rotatable bonds is 8. The zero-order valence-corrected chi connectivity index (χ0v) is 16.7. The summed E-state index contributed by atoms with van der Waals surface area (Å²) in [5, 5.41) is 11.8. The Morgan fingerprint density at radius 3 is 2.52 bits per heavy atom. The highest BCUT2D eigenvalue weighted by Crippen LogP contribution is 2.36. The lowest BCUT2D eigenvalue weighted by molar-refractivity contribution is -0.384. The minimum atomic E-state index is -0.318. The van der Waals surface area contributed by atoms with E-state index < -0.39 is 0 Å². The number of methoxy groups -OCH3 is 1. The van der Waals surface area contributed by atoms with E-state index in [2.05, 4.69) is 18.7 Å². The van der Waals surface area contributed by atoms with Crippen LogP contribution in [0.25, 0.3) is 5.57 Å². The van der Waals surface area contributed by atoms with Crippen molar-refractivity contribution >= 4 is 23.2 Å². The molecular weight excluding hydrogens is 344 g/mol. The van der Waals surface area contributed by atoms with Gasteiger partial charge >= 0.3 is 0 Å². The lowest BCUT2D eigenvalue weighted by atomic mass is 9.90. The summed E-state index contributed by atoms with van der Waals surface area (Å²) in [6.07, 6.45) is 6.30. The van der Waals surface area contributed by atoms with Crippen LogP contribution < -0.4 is 4.90 Å². The van der Waals surface area contributed by atoms with Gasteiger partial charge in [-0.25, -0.2) is 0 Å². The predicted molar refractivity (Wildman–Crippen MR) is 108 cm³/mol. The highest BCUT2D eigenvalue weighted by atomic mass is 16.6. The number of carbonyl (C=O) groups is 1. The molecule has 1 aliphatic rings. The van der Waals surface area contributed by atoms with Crippen molar-refractivity contribution in [2.24, 2.45) is 5.92 Å². The molecule has 2 rings (SSSR count). The maximum Gasteiger partial charge on any atom is 0.293 e. The van der Waals surface area contributed by atoms with Crippen molar-refractivity contribution in [3.05, 3.63) is 40.0 Å². The van der Waals surface area contributed by atoms with Gasteiger partial charge in [-0.15, -0.1) is 0 Å². The van der Waals surface area contributed by atoms with E-state index in [1.165, 1.54) is 6.08 Å². The second-order valence-electron chi connectivity index (χ2n) is 7.66. The average Bonchev–Trinajstić information content (AvgIpc) is 2.66. The van der Waals surface area contributed by atoms with Crippen LogP contribution in [-0.2, 0) is 9.53 Å². The summed E-state index contributed by atoms with van der Waals surface area (Å²) in [7, 11) is 1.75. The van der Waals surface area contributed by atoms with Crippen LogP contribution in [0.4, 0.5) is 11.4 Å². The van der Waals surface area contributed by atoms with E-state index in [0.717, 1.165) is 37.8 Å². The lowest BCUT2D eigenvalue weighted by Gasteiger charge is -2.38. The largest absolute Gasteiger partial charge is 0.381 e. The molecule has 0 N–H and O–H groups in total. The first-order chi connectivity index (χ1) is 12.9. The van der Waals surface area contributed by atoms with Crippen LogP contribution in [0, 0.1) is 16.0 Å². The normalized spacial score (nSPS) is 20.6. The van der Waals surface area contributed by atoms with Crippen molar-refractivity contribution in [2.75, 3.05) is 18.6 Å². The number of carbonyl (C=O) groups excluding carboxylic acids is 1. The average molecular weight is 374 g/mol. The van der Waals surface area contributed by atoms with Crippen LogP contribution in [0.15, 0.2) is 24.3 Å². The van der Waals surface area contributed by atoms with Crippen LogP contribution in [0.2, 0.25) is 0 Å². The summed E-state index contributed by atoms with van der Waals surface area (Å²) < 4.78 is 5.47. The minimum Gasteiger partial charge on any atom is -0.381 e. The van der Waals surface area contributed by atoms with Gasteiger partial charge in [0.1, 0.15) is 12.0 Å². The summed E-state index contributed by atoms with van der Waals surface area (Å²) >= 11 is 0. The molecule has 0 bridgehead atoms. The molecule has 6 heteroatoms. The van der Waals surface area contributed by atoms with Crippen molar-refractivity contribution in [2.45, 2.75) is 58.6 Å². The summed E-state index contributed by atoms with van der Waals surface area (Å²) in [5.41, 5.74) is 2.18. The number of hydrogen-bond acceptors (Lipinski definition) is 5. The Morgan fingerprint density at radius 1 is 1.33 bits per heavy atom. The smallest absolute Gasteiger partial charge is 0.293 e.